The van der Waals surface area contributed by atoms with Crippen molar-refractivity contribution < 1.29 is 9.37 Å². The molecule has 1 saturated heterocycles. The number of likely N-dealkylation sites (tertiary alicyclic amines) is 1. The number of methoxy groups -OCH3 is 1. The number of hydrogen-bond donors (Lipinski definition) is 0. The topological polar surface area (TPSA) is 69.2 Å². The summed E-state index contributed by atoms with van der Waals surface area (Å²) in [6.45, 7) is 3.73. The second-order valence-corrected chi connectivity index (χ2v) is 7.88. The minimum absolute atomic E-state index is 0.212. The largest absolute Gasteiger partial charge is 0.497 e. The highest BCUT2D eigenvalue weighted by Crippen LogP contribution is 2.35. The fraction of sp³-hybridized carbons (Fsp3) is 0.292. The number of nitrogens with zero attached hydrogens (tertiary/aromatic N) is 5. The molecule has 0 bridgehead atoms. The van der Waals surface area contributed by atoms with Gasteiger partial charge < -0.3 is 4.74 Å². The number of hydrogen-bond acceptors (Lipinski definition) is 6. The maximum Gasteiger partial charge on any atom is 0.125 e. The van der Waals surface area contributed by atoms with Crippen molar-refractivity contribution in [3.05, 3.63) is 77.7 Å². The van der Waals surface area contributed by atoms with Crippen molar-refractivity contribution in [3.8, 4) is 22.7 Å². The molecule has 7 heteroatoms. The first-order chi connectivity index (χ1) is 15.2. The van der Waals surface area contributed by atoms with E-state index >= 15 is 0 Å². The minimum atomic E-state index is 0.212. The average molecular weight is 415 g/mol. The highest BCUT2D eigenvalue weighted by atomic mass is 16.6. The molecule has 5 rings (SSSR count). The number of benzene rings is 2. The van der Waals surface area contributed by atoms with E-state index in [-0.39, 0.29) is 6.04 Å². The second kappa shape index (κ2) is 8.35. The molecule has 7 nitrogen and oxygen atoms in total. The number of aromatic nitrogens is 4. The summed E-state index contributed by atoms with van der Waals surface area (Å²) in [6, 6.07) is 18.5. The number of ether oxygens (including phenoxy) is 1. The van der Waals surface area contributed by atoms with E-state index in [1.165, 1.54) is 0 Å². The SMILES string of the molecule is COc1cccc(-c2nn(-c3ccccc3)cc2CN2CCC[C@H]2c2nonc2C)c1. The van der Waals surface area contributed by atoms with Crippen LogP contribution in [0.25, 0.3) is 16.9 Å². The molecule has 0 N–H and O–H groups in total. The highest BCUT2D eigenvalue weighted by molar-refractivity contribution is 5.65. The molecule has 31 heavy (non-hydrogen) atoms. The predicted octanol–water partition coefficient (Wildman–Crippen LogP) is 4.58. The number of para-hydroxylation sites is 1. The Hall–Kier alpha value is -3.45. The zero-order valence-electron chi connectivity index (χ0n) is 17.7. The van der Waals surface area contributed by atoms with Crippen LogP contribution in [0.15, 0.2) is 65.4 Å². The summed E-state index contributed by atoms with van der Waals surface area (Å²) in [6.07, 6.45) is 4.31. The van der Waals surface area contributed by atoms with Crippen molar-refractivity contribution >= 4 is 0 Å². The standard InChI is InChI=1S/C24H25N5O2/c1-17-23(27-31-26-17)22-12-7-13-28(22)15-19-16-29(20-9-4-3-5-10-20)25-24(19)18-8-6-11-21(14-18)30-2/h3-6,8-11,14,16,22H,7,12-13,15H2,1-2H3/t22-/m0/s1. The van der Waals surface area contributed by atoms with E-state index in [4.69, 9.17) is 14.5 Å². The third-order valence-corrected chi connectivity index (χ3v) is 5.89. The molecule has 0 spiro atoms. The summed E-state index contributed by atoms with van der Waals surface area (Å²) in [4.78, 5) is 2.45. The maximum atomic E-state index is 5.45. The number of rotatable bonds is 6. The van der Waals surface area contributed by atoms with E-state index in [9.17, 15) is 0 Å². The molecule has 0 radical (unpaired) electrons. The lowest BCUT2D eigenvalue weighted by molar-refractivity contribution is 0.231. The van der Waals surface area contributed by atoms with Gasteiger partial charge in [-0.3, -0.25) is 4.90 Å². The first-order valence-corrected chi connectivity index (χ1v) is 10.5. The number of aryl methyl sites for hydroxylation is 1. The second-order valence-electron chi connectivity index (χ2n) is 7.88. The van der Waals surface area contributed by atoms with Gasteiger partial charge in [0.15, 0.2) is 0 Å². The quantitative estimate of drug-likeness (QED) is 0.459. The molecular weight excluding hydrogens is 390 g/mol. The van der Waals surface area contributed by atoms with Gasteiger partial charge in [-0.15, -0.1) is 0 Å². The smallest absolute Gasteiger partial charge is 0.125 e. The highest BCUT2D eigenvalue weighted by Gasteiger charge is 2.31. The third-order valence-electron chi connectivity index (χ3n) is 5.89. The Morgan fingerprint density at radius 3 is 2.74 bits per heavy atom. The molecule has 0 amide bonds. The molecule has 158 valence electrons. The molecule has 4 aromatic rings. The van der Waals surface area contributed by atoms with Gasteiger partial charge in [0, 0.05) is 23.9 Å². The molecule has 3 heterocycles. The van der Waals surface area contributed by atoms with Crippen LogP contribution < -0.4 is 4.74 Å². The van der Waals surface area contributed by atoms with E-state index < -0.39 is 0 Å². The lowest BCUT2D eigenvalue weighted by Gasteiger charge is -2.22. The van der Waals surface area contributed by atoms with Crippen molar-refractivity contribution in [2.75, 3.05) is 13.7 Å². The van der Waals surface area contributed by atoms with E-state index in [0.717, 1.165) is 65.6 Å². The maximum absolute atomic E-state index is 5.45. The molecule has 2 aromatic heterocycles. The molecule has 1 aliphatic rings. The Labute approximate surface area is 181 Å². The van der Waals surface area contributed by atoms with Crippen LogP contribution in [0, 0.1) is 6.92 Å². The summed E-state index contributed by atoms with van der Waals surface area (Å²) in [5.41, 5.74) is 6.01. The van der Waals surface area contributed by atoms with E-state index in [1.54, 1.807) is 7.11 Å². The van der Waals surface area contributed by atoms with Crippen LogP contribution in [0.5, 0.6) is 5.75 Å². The molecular formula is C24H25N5O2. The normalized spacial score (nSPS) is 16.6. The van der Waals surface area contributed by atoms with Crippen LogP contribution in [0.3, 0.4) is 0 Å². The average Bonchev–Trinajstić information content (AvgIpc) is 3.54. The molecule has 0 saturated carbocycles. The minimum Gasteiger partial charge on any atom is -0.497 e. The van der Waals surface area contributed by atoms with Crippen molar-refractivity contribution in [2.45, 2.75) is 32.4 Å². The molecule has 1 aliphatic heterocycles. The lowest BCUT2D eigenvalue weighted by Crippen LogP contribution is -2.23. The predicted molar refractivity (Wildman–Crippen MR) is 117 cm³/mol. The molecule has 0 aliphatic carbocycles. The van der Waals surface area contributed by atoms with Gasteiger partial charge in [-0.2, -0.15) is 5.10 Å². The molecule has 0 unspecified atom stereocenters. The van der Waals surface area contributed by atoms with Crippen LogP contribution in [0.2, 0.25) is 0 Å². The molecule has 2 aromatic carbocycles. The monoisotopic (exact) mass is 415 g/mol. The van der Waals surface area contributed by atoms with Crippen LogP contribution in [-0.2, 0) is 6.54 Å². The van der Waals surface area contributed by atoms with Crippen LogP contribution in [-0.4, -0.2) is 38.6 Å². The molecule has 1 atom stereocenters. The Morgan fingerprint density at radius 2 is 1.97 bits per heavy atom. The van der Waals surface area contributed by atoms with Gasteiger partial charge in [-0.1, -0.05) is 40.6 Å². The van der Waals surface area contributed by atoms with Crippen LogP contribution in [0.1, 0.15) is 35.8 Å². The van der Waals surface area contributed by atoms with Crippen molar-refractivity contribution in [2.24, 2.45) is 0 Å². The Morgan fingerprint density at radius 1 is 1.10 bits per heavy atom. The Bertz CT molecular complexity index is 1170. The van der Waals surface area contributed by atoms with Crippen molar-refractivity contribution in [1.82, 2.24) is 25.0 Å². The Kier molecular flexibility index (Phi) is 5.26. The van der Waals surface area contributed by atoms with Crippen molar-refractivity contribution in [3.63, 3.8) is 0 Å². The summed E-state index contributed by atoms with van der Waals surface area (Å²) in [5, 5.41) is 13.1. The summed E-state index contributed by atoms with van der Waals surface area (Å²) >= 11 is 0. The van der Waals surface area contributed by atoms with E-state index in [1.807, 2.05) is 48.0 Å². The van der Waals surface area contributed by atoms with Gasteiger partial charge in [0.2, 0.25) is 0 Å². The summed E-state index contributed by atoms with van der Waals surface area (Å²) in [5.74, 6) is 0.820. The summed E-state index contributed by atoms with van der Waals surface area (Å²) in [7, 11) is 1.69. The molecule has 1 fully saturated rings. The fourth-order valence-electron chi connectivity index (χ4n) is 4.34. The van der Waals surface area contributed by atoms with Crippen LogP contribution in [0.4, 0.5) is 0 Å². The summed E-state index contributed by atoms with van der Waals surface area (Å²) < 4.78 is 12.4. The van der Waals surface area contributed by atoms with Gasteiger partial charge in [0.05, 0.1) is 24.5 Å². The van der Waals surface area contributed by atoms with Gasteiger partial charge >= 0.3 is 0 Å². The first kappa shape index (κ1) is 19.5. The Balaban J connectivity index is 1.53. The van der Waals surface area contributed by atoms with E-state index in [2.05, 4.69) is 39.6 Å². The van der Waals surface area contributed by atoms with Crippen molar-refractivity contribution in [1.29, 1.82) is 0 Å². The van der Waals surface area contributed by atoms with Gasteiger partial charge in [0.1, 0.15) is 17.1 Å². The van der Waals surface area contributed by atoms with E-state index in [0.29, 0.717) is 0 Å². The van der Waals surface area contributed by atoms with Gasteiger partial charge in [-0.25, -0.2) is 9.31 Å². The zero-order chi connectivity index (χ0) is 21.2. The third kappa shape index (κ3) is 3.84. The lowest BCUT2D eigenvalue weighted by atomic mass is 10.1. The van der Waals surface area contributed by atoms with Gasteiger partial charge in [0.25, 0.3) is 0 Å². The van der Waals surface area contributed by atoms with Crippen LogP contribution >= 0.6 is 0 Å². The van der Waals surface area contributed by atoms with Gasteiger partial charge in [-0.05, 0) is 50.6 Å². The fourth-order valence-corrected chi connectivity index (χ4v) is 4.34. The first-order valence-electron chi connectivity index (χ1n) is 10.5. The zero-order valence-corrected chi connectivity index (χ0v) is 17.7.